The highest BCUT2D eigenvalue weighted by atomic mass is 79.9. The third-order valence-electron chi connectivity index (χ3n) is 4.45. The Morgan fingerprint density at radius 3 is 2.31 bits per heavy atom. The summed E-state index contributed by atoms with van der Waals surface area (Å²) in [5.41, 5.74) is 3.05. The zero-order valence-corrected chi connectivity index (χ0v) is 18.1. The van der Waals surface area contributed by atoms with Gasteiger partial charge in [-0.3, -0.25) is 0 Å². The van der Waals surface area contributed by atoms with Gasteiger partial charge in [0.2, 0.25) is 0 Å². The fourth-order valence-electron chi connectivity index (χ4n) is 3.00. The van der Waals surface area contributed by atoms with Gasteiger partial charge in [-0.15, -0.1) is 0 Å². The molecule has 3 aromatic rings. The van der Waals surface area contributed by atoms with Crippen molar-refractivity contribution < 1.29 is 14.6 Å². The van der Waals surface area contributed by atoms with Crippen LogP contribution in [0.5, 0.6) is 11.5 Å². The number of halogens is 1. The van der Waals surface area contributed by atoms with Gasteiger partial charge in [0, 0.05) is 13.1 Å². The van der Waals surface area contributed by atoms with Crippen LogP contribution in [0.4, 0.5) is 0 Å². The summed E-state index contributed by atoms with van der Waals surface area (Å²) in [6.07, 6.45) is -0.542. The number of nitrogens with one attached hydrogen (secondary N) is 1. The first-order chi connectivity index (χ1) is 14.2. The van der Waals surface area contributed by atoms with Crippen molar-refractivity contribution in [3.05, 3.63) is 94.0 Å². The maximum atomic E-state index is 10.3. The topological polar surface area (TPSA) is 50.7 Å². The number of hydrogen-bond donors (Lipinski definition) is 2. The first-order valence-electron chi connectivity index (χ1n) is 9.73. The van der Waals surface area contributed by atoms with E-state index in [-0.39, 0.29) is 0 Å². The molecule has 5 heteroatoms. The summed E-state index contributed by atoms with van der Waals surface area (Å²) < 4.78 is 12.7. The van der Waals surface area contributed by atoms with Crippen molar-refractivity contribution in [2.75, 3.05) is 13.2 Å². The molecule has 0 spiro atoms. The monoisotopic (exact) mass is 455 g/mol. The molecule has 0 heterocycles. The Bertz CT molecular complexity index is 887. The summed E-state index contributed by atoms with van der Waals surface area (Å²) in [6.45, 7) is 4.06. The highest BCUT2D eigenvalue weighted by Crippen LogP contribution is 2.37. The fourth-order valence-corrected chi connectivity index (χ4v) is 3.61. The van der Waals surface area contributed by atoms with Crippen LogP contribution in [0.2, 0.25) is 0 Å². The Kier molecular flexibility index (Phi) is 8.11. The third-order valence-corrected chi connectivity index (χ3v) is 5.04. The van der Waals surface area contributed by atoms with E-state index in [9.17, 15) is 5.11 Å². The van der Waals surface area contributed by atoms with Crippen molar-refractivity contribution in [2.45, 2.75) is 26.2 Å². The van der Waals surface area contributed by atoms with Gasteiger partial charge in [-0.05, 0) is 51.7 Å². The van der Waals surface area contributed by atoms with E-state index in [0.29, 0.717) is 37.8 Å². The van der Waals surface area contributed by atoms with Crippen molar-refractivity contribution >= 4 is 15.9 Å². The molecule has 0 aliphatic rings. The molecule has 0 aliphatic carbocycles. The van der Waals surface area contributed by atoms with Crippen molar-refractivity contribution in [1.82, 2.24) is 5.32 Å². The number of rotatable bonds is 10. The van der Waals surface area contributed by atoms with Crippen LogP contribution in [0.15, 0.2) is 77.3 Å². The highest BCUT2D eigenvalue weighted by molar-refractivity contribution is 9.10. The predicted molar refractivity (Wildman–Crippen MR) is 119 cm³/mol. The van der Waals surface area contributed by atoms with Gasteiger partial charge in [0.1, 0.15) is 6.61 Å². The smallest absolute Gasteiger partial charge is 0.175 e. The summed E-state index contributed by atoms with van der Waals surface area (Å²) in [6, 6.07) is 23.7. The minimum absolute atomic E-state index is 0.470. The van der Waals surface area contributed by atoms with E-state index < -0.39 is 6.10 Å². The minimum atomic E-state index is -0.542. The van der Waals surface area contributed by atoms with E-state index in [4.69, 9.17) is 9.47 Å². The zero-order valence-electron chi connectivity index (χ0n) is 16.5. The van der Waals surface area contributed by atoms with Crippen molar-refractivity contribution in [1.29, 1.82) is 0 Å². The number of aliphatic hydroxyl groups excluding tert-OH is 1. The van der Waals surface area contributed by atoms with E-state index in [1.165, 1.54) is 0 Å². The molecule has 0 saturated heterocycles. The van der Waals surface area contributed by atoms with E-state index in [1.54, 1.807) is 0 Å². The first kappa shape index (κ1) is 21.4. The molecule has 0 radical (unpaired) electrons. The van der Waals surface area contributed by atoms with Gasteiger partial charge in [-0.1, -0.05) is 60.7 Å². The summed E-state index contributed by atoms with van der Waals surface area (Å²) in [5.74, 6) is 1.40. The number of benzene rings is 3. The zero-order chi connectivity index (χ0) is 20.5. The molecule has 0 aliphatic heterocycles. The van der Waals surface area contributed by atoms with Gasteiger partial charge in [0.05, 0.1) is 17.2 Å². The van der Waals surface area contributed by atoms with Gasteiger partial charge < -0.3 is 19.9 Å². The maximum Gasteiger partial charge on any atom is 0.175 e. The van der Waals surface area contributed by atoms with Crippen LogP contribution in [0.1, 0.15) is 29.7 Å². The van der Waals surface area contributed by atoms with Crippen LogP contribution >= 0.6 is 15.9 Å². The Labute approximate surface area is 180 Å². The second kappa shape index (κ2) is 11.0. The molecule has 0 aromatic heterocycles. The summed E-state index contributed by atoms with van der Waals surface area (Å²) in [5, 5.41) is 13.6. The molecule has 4 nitrogen and oxygen atoms in total. The van der Waals surface area contributed by atoms with Crippen LogP contribution in [-0.2, 0) is 13.2 Å². The average molecular weight is 456 g/mol. The molecule has 152 valence electrons. The number of hydrogen-bond acceptors (Lipinski definition) is 4. The molecular formula is C24H26BrNO3. The minimum Gasteiger partial charge on any atom is -0.490 e. The SMILES string of the molecule is CCOc1cc(CNCC(O)c2ccccc2)cc(Br)c1OCc1ccccc1. The third kappa shape index (κ3) is 6.32. The van der Waals surface area contributed by atoms with Crippen molar-refractivity contribution in [2.24, 2.45) is 0 Å². The molecule has 3 aromatic carbocycles. The summed E-state index contributed by atoms with van der Waals surface area (Å²) in [7, 11) is 0. The molecule has 3 rings (SSSR count). The van der Waals surface area contributed by atoms with Crippen LogP contribution < -0.4 is 14.8 Å². The maximum absolute atomic E-state index is 10.3. The fraction of sp³-hybridized carbons (Fsp3) is 0.250. The summed E-state index contributed by atoms with van der Waals surface area (Å²) >= 11 is 3.62. The molecule has 0 amide bonds. The Morgan fingerprint density at radius 2 is 1.62 bits per heavy atom. The predicted octanol–water partition coefficient (Wildman–Crippen LogP) is 5.25. The largest absolute Gasteiger partial charge is 0.490 e. The standard InChI is InChI=1S/C24H26BrNO3/c1-2-28-23-14-19(15-26-16-22(27)20-11-7-4-8-12-20)13-21(25)24(23)29-17-18-9-5-3-6-10-18/h3-14,22,26-27H,2,15-17H2,1H3. The Balaban J connectivity index is 1.63. The quantitative estimate of drug-likeness (QED) is 0.438. The number of aliphatic hydroxyl groups is 1. The molecule has 0 saturated carbocycles. The first-order valence-corrected chi connectivity index (χ1v) is 10.5. The molecular weight excluding hydrogens is 430 g/mol. The van der Waals surface area contributed by atoms with E-state index in [2.05, 4.69) is 21.2 Å². The average Bonchev–Trinajstić information content (AvgIpc) is 2.74. The van der Waals surface area contributed by atoms with E-state index in [0.717, 1.165) is 21.2 Å². The second-order valence-electron chi connectivity index (χ2n) is 6.67. The lowest BCUT2D eigenvalue weighted by Gasteiger charge is -2.17. The number of ether oxygens (including phenoxy) is 2. The van der Waals surface area contributed by atoms with E-state index in [1.807, 2.05) is 79.7 Å². The molecule has 0 fully saturated rings. The normalized spacial score (nSPS) is 11.8. The molecule has 1 atom stereocenters. The lowest BCUT2D eigenvalue weighted by atomic mass is 10.1. The van der Waals surface area contributed by atoms with Crippen molar-refractivity contribution in [3.63, 3.8) is 0 Å². The molecule has 0 bridgehead atoms. The van der Waals surface area contributed by atoms with Crippen LogP contribution in [0.25, 0.3) is 0 Å². The van der Waals surface area contributed by atoms with Crippen LogP contribution in [-0.4, -0.2) is 18.3 Å². The van der Waals surface area contributed by atoms with Crippen LogP contribution in [0.3, 0.4) is 0 Å². The Morgan fingerprint density at radius 1 is 0.931 bits per heavy atom. The van der Waals surface area contributed by atoms with Gasteiger partial charge in [-0.2, -0.15) is 0 Å². The van der Waals surface area contributed by atoms with Gasteiger partial charge in [-0.25, -0.2) is 0 Å². The lowest BCUT2D eigenvalue weighted by Crippen LogP contribution is -2.21. The van der Waals surface area contributed by atoms with Crippen LogP contribution in [0, 0.1) is 0 Å². The van der Waals surface area contributed by atoms with Crippen molar-refractivity contribution in [3.8, 4) is 11.5 Å². The Hall–Kier alpha value is -2.34. The molecule has 29 heavy (non-hydrogen) atoms. The lowest BCUT2D eigenvalue weighted by molar-refractivity contribution is 0.174. The molecule has 1 unspecified atom stereocenters. The second-order valence-corrected chi connectivity index (χ2v) is 7.52. The van der Waals surface area contributed by atoms with Gasteiger partial charge >= 0.3 is 0 Å². The molecule has 2 N–H and O–H groups in total. The van der Waals surface area contributed by atoms with Gasteiger partial charge in [0.25, 0.3) is 0 Å². The van der Waals surface area contributed by atoms with Gasteiger partial charge in [0.15, 0.2) is 11.5 Å². The summed E-state index contributed by atoms with van der Waals surface area (Å²) in [4.78, 5) is 0. The highest BCUT2D eigenvalue weighted by Gasteiger charge is 2.13. The van der Waals surface area contributed by atoms with E-state index >= 15 is 0 Å².